The molecule has 0 aromatic heterocycles. The molecule has 0 bridgehead atoms. The van der Waals surface area contributed by atoms with Gasteiger partial charge in [-0.3, -0.25) is 10.1 Å². The Morgan fingerprint density at radius 2 is 1.82 bits per heavy atom. The maximum atomic E-state index is 13.1. The molecule has 4 nitrogen and oxygen atoms in total. The van der Waals surface area contributed by atoms with Crippen LogP contribution in [0.2, 0.25) is 0 Å². The first-order valence-corrected chi connectivity index (χ1v) is 7.02. The number of carbonyl (C=O) groups is 1. The molecule has 0 radical (unpaired) electrons. The fourth-order valence-corrected chi connectivity index (χ4v) is 2.02. The van der Waals surface area contributed by atoms with Gasteiger partial charge >= 0.3 is 0 Å². The molecular formula is C16H16FN3OS. The van der Waals surface area contributed by atoms with Gasteiger partial charge in [0.25, 0.3) is 5.91 Å². The fourth-order valence-electron chi connectivity index (χ4n) is 1.81. The van der Waals surface area contributed by atoms with Crippen LogP contribution in [0.25, 0.3) is 0 Å². The molecule has 0 saturated heterocycles. The molecule has 0 fully saturated rings. The molecule has 0 spiro atoms. The minimum atomic E-state index is -0.467. The van der Waals surface area contributed by atoms with Gasteiger partial charge in [0.1, 0.15) is 5.82 Å². The molecule has 0 aliphatic rings. The van der Waals surface area contributed by atoms with Crippen molar-refractivity contribution in [3.63, 3.8) is 0 Å². The second kappa shape index (κ2) is 7.00. The SMILES string of the molecule is CN(C)c1ccc(NC(=S)NC(=O)c2cccc(F)c2)cc1. The van der Waals surface area contributed by atoms with Crippen LogP contribution in [-0.2, 0) is 0 Å². The quantitative estimate of drug-likeness (QED) is 0.854. The fraction of sp³-hybridized carbons (Fsp3) is 0.125. The van der Waals surface area contributed by atoms with Crippen LogP contribution in [0.3, 0.4) is 0 Å². The number of amides is 1. The molecule has 2 aromatic rings. The first kappa shape index (κ1) is 15.9. The first-order chi connectivity index (χ1) is 10.5. The summed E-state index contributed by atoms with van der Waals surface area (Å²) in [6.45, 7) is 0. The van der Waals surface area contributed by atoms with Gasteiger partial charge in [-0.1, -0.05) is 6.07 Å². The van der Waals surface area contributed by atoms with Gasteiger partial charge in [-0.25, -0.2) is 4.39 Å². The molecular weight excluding hydrogens is 301 g/mol. The van der Waals surface area contributed by atoms with Crippen molar-refractivity contribution in [2.75, 3.05) is 24.3 Å². The summed E-state index contributed by atoms with van der Waals surface area (Å²) < 4.78 is 13.1. The molecule has 0 unspecified atom stereocenters. The summed E-state index contributed by atoms with van der Waals surface area (Å²) in [6, 6.07) is 13.0. The molecule has 2 N–H and O–H groups in total. The van der Waals surface area contributed by atoms with Gasteiger partial charge in [-0.2, -0.15) is 0 Å². The van der Waals surface area contributed by atoms with E-state index in [1.165, 1.54) is 18.2 Å². The first-order valence-electron chi connectivity index (χ1n) is 6.61. The number of thiocarbonyl (C=S) groups is 1. The minimum absolute atomic E-state index is 0.159. The zero-order chi connectivity index (χ0) is 16.1. The Labute approximate surface area is 133 Å². The second-order valence-electron chi connectivity index (χ2n) is 4.86. The van der Waals surface area contributed by atoms with E-state index in [1.807, 2.05) is 43.3 Å². The van der Waals surface area contributed by atoms with Crippen LogP contribution >= 0.6 is 12.2 Å². The molecule has 114 valence electrons. The van der Waals surface area contributed by atoms with Crippen molar-refractivity contribution >= 4 is 34.6 Å². The Hall–Kier alpha value is -2.47. The van der Waals surface area contributed by atoms with Crippen molar-refractivity contribution in [1.29, 1.82) is 0 Å². The van der Waals surface area contributed by atoms with Gasteiger partial charge in [0, 0.05) is 31.0 Å². The summed E-state index contributed by atoms with van der Waals surface area (Å²) >= 11 is 5.08. The number of halogens is 1. The molecule has 0 heterocycles. The van der Waals surface area contributed by atoms with E-state index >= 15 is 0 Å². The van der Waals surface area contributed by atoms with Gasteiger partial charge in [-0.15, -0.1) is 0 Å². The monoisotopic (exact) mass is 317 g/mol. The van der Waals surface area contributed by atoms with E-state index in [0.29, 0.717) is 0 Å². The average molecular weight is 317 g/mol. The van der Waals surface area contributed by atoms with E-state index in [9.17, 15) is 9.18 Å². The maximum absolute atomic E-state index is 13.1. The Morgan fingerprint density at radius 1 is 1.14 bits per heavy atom. The Bertz CT molecular complexity index is 686. The van der Waals surface area contributed by atoms with Gasteiger partial charge in [-0.05, 0) is 54.7 Å². The van der Waals surface area contributed by atoms with Gasteiger partial charge in [0.2, 0.25) is 0 Å². The molecule has 1 amide bonds. The van der Waals surface area contributed by atoms with Crippen LogP contribution in [-0.4, -0.2) is 25.1 Å². The zero-order valence-corrected chi connectivity index (χ0v) is 13.1. The predicted molar refractivity (Wildman–Crippen MR) is 90.9 cm³/mol. The summed E-state index contributed by atoms with van der Waals surface area (Å²) in [7, 11) is 3.90. The number of carbonyl (C=O) groups excluding carboxylic acids is 1. The number of nitrogens with zero attached hydrogens (tertiary/aromatic N) is 1. The summed E-state index contributed by atoms with van der Waals surface area (Å²) in [5.74, 6) is -0.923. The van der Waals surface area contributed by atoms with Crippen molar-refractivity contribution in [2.45, 2.75) is 0 Å². The topological polar surface area (TPSA) is 44.4 Å². The summed E-state index contributed by atoms with van der Waals surface area (Å²) in [4.78, 5) is 13.9. The smallest absolute Gasteiger partial charge is 0.257 e. The van der Waals surface area contributed by atoms with E-state index in [-0.39, 0.29) is 10.7 Å². The summed E-state index contributed by atoms with van der Waals surface area (Å²) in [6.07, 6.45) is 0. The average Bonchev–Trinajstić information content (AvgIpc) is 2.47. The molecule has 0 atom stereocenters. The van der Waals surface area contributed by atoms with Crippen LogP contribution in [0.15, 0.2) is 48.5 Å². The molecule has 6 heteroatoms. The lowest BCUT2D eigenvalue weighted by molar-refractivity contribution is 0.0977. The number of rotatable bonds is 3. The van der Waals surface area contributed by atoms with Crippen molar-refractivity contribution < 1.29 is 9.18 Å². The Morgan fingerprint density at radius 3 is 2.41 bits per heavy atom. The highest BCUT2D eigenvalue weighted by Gasteiger charge is 2.08. The highest BCUT2D eigenvalue weighted by Crippen LogP contribution is 2.15. The van der Waals surface area contributed by atoms with Crippen molar-refractivity contribution in [1.82, 2.24) is 5.32 Å². The molecule has 0 aliphatic heterocycles. The molecule has 2 rings (SSSR count). The lowest BCUT2D eigenvalue weighted by Gasteiger charge is -2.14. The third-order valence-electron chi connectivity index (χ3n) is 2.96. The summed E-state index contributed by atoms with van der Waals surface area (Å²) in [5, 5.41) is 5.58. The van der Waals surface area contributed by atoms with E-state index in [2.05, 4.69) is 10.6 Å². The molecule has 2 aromatic carbocycles. The molecule has 22 heavy (non-hydrogen) atoms. The van der Waals surface area contributed by atoms with Crippen molar-refractivity contribution in [3.05, 3.63) is 59.9 Å². The van der Waals surface area contributed by atoms with Gasteiger partial charge in [0.05, 0.1) is 0 Å². The second-order valence-corrected chi connectivity index (χ2v) is 5.27. The van der Waals surface area contributed by atoms with Crippen LogP contribution < -0.4 is 15.5 Å². The number of nitrogens with one attached hydrogen (secondary N) is 2. The normalized spacial score (nSPS) is 9.95. The number of hydrogen-bond donors (Lipinski definition) is 2. The predicted octanol–water partition coefficient (Wildman–Crippen LogP) is 3.02. The van der Waals surface area contributed by atoms with Crippen LogP contribution in [0, 0.1) is 5.82 Å². The van der Waals surface area contributed by atoms with Crippen LogP contribution in [0.5, 0.6) is 0 Å². The third kappa shape index (κ3) is 4.26. The Kier molecular flexibility index (Phi) is 5.06. The molecule has 0 aliphatic carbocycles. The maximum Gasteiger partial charge on any atom is 0.257 e. The van der Waals surface area contributed by atoms with Gasteiger partial charge in [0.15, 0.2) is 5.11 Å². The van der Waals surface area contributed by atoms with Crippen LogP contribution in [0.1, 0.15) is 10.4 Å². The van der Waals surface area contributed by atoms with Crippen molar-refractivity contribution in [2.24, 2.45) is 0 Å². The van der Waals surface area contributed by atoms with E-state index in [4.69, 9.17) is 12.2 Å². The number of benzene rings is 2. The lowest BCUT2D eigenvalue weighted by Crippen LogP contribution is -2.34. The standard InChI is InChI=1S/C16H16FN3OS/c1-20(2)14-8-6-13(7-9-14)18-16(22)19-15(21)11-4-3-5-12(17)10-11/h3-10H,1-2H3,(H2,18,19,21,22). The molecule has 0 saturated carbocycles. The van der Waals surface area contributed by atoms with E-state index < -0.39 is 11.7 Å². The van der Waals surface area contributed by atoms with E-state index in [0.717, 1.165) is 17.4 Å². The van der Waals surface area contributed by atoms with Crippen LogP contribution in [0.4, 0.5) is 15.8 Å². The number of hydrogen-bond acceptors (Lipinski definition) is 3. The highest BCUT2D eigenvalue weighted by molar-refractivity contribution is 7.80. The highest BCUT2D eigenvalue weighted by atomic mass is 32.1. The van der Waals surface area contributed by atoms with E-state index in [1.54, 1.807) is 0 Å². The largest absolute Gasteiger partial charge is 0.378 e. The zero-order valence-electron chi connectivity index (χ0n) is 12.3. The Balaban J connectivity index is 1.96. The minimum Gasteiger partial charge on any atom is -0.378 e. The number of anilines is 2. The third-order valence-corrected chi connectivity index (χ3v) is 3.16. The van der Waals surface area contributed by atoms with Crippen molar-refractivity contribution in [3.8, 4) is 0 Å². The summed E-state index contributed by atoms with van der Waals surface area (Å²) in [5.41, 5.74) is 2.03. The van der Waals surface area contributed by atoms with Gasteiger partial charge < -0.3 is 10.2 Å². The lowest BCUT2D eigenvalue weighted by atomic mass is 10.2.